The highest BCUT2D eigenvalue weighted by atomic mass is 35.5. The van der Waals surface area contributed by atoms with E-state index in [9.17, 15) is 19.5 Å². The Morgan fingerprint density at radius 1 is 0.872 bits per heavy atom. The quantitative estimate of drug-likeness (QED) is 0.177. The van der Waals surface area contributed by atoms with E-state index in [1.54, 1.807) is 12.1 Å². The lowest BCUT2D eigenvalue weighted by atomic mass is 9.97. The molecule has 2 rings (SSSR count). The number of hydrogen-bond donors (Lipinski definition) is 6. The van der Waals surface area contributed by atoms with Crippen molar-refractivity contribution in [2.24, 2.45) is 17.4 Å². The molecule has 2 aromatic carbocycles. The first-order valence-corrected chi connectivity index (χ1v) is 12.9. The summed E-state index contributed by atoms with van der Waals surface area (Å²) >= 11 is 0. The lowest BCUT2D eigenvalue weighted by Gasteiger charge is -2.27. The van der Waals surface area contributed by atoms with Crippen LogP contribution >= 0.6 is 24.8 Å². The predicted octanol–water partition coefficient (Wildman–Crippen LogP) is 2.57. The Morgan fingerprint density at radius 2 is 1.51 bits per heavy atom. The van der Waals surface area contributed by atoms with Crippen molar-refractivity contribution >= 4 is 42.5 Å². The number of aromatic hydroxyl groups is 1. The minimum absolute atomic E-state index is 0. The number of phenols is 1. The third-order valence-corrected chi connectivity index (χ3v) is 6.42. The molecule has 8 N–H and O–H groups in total. The van der Waals surface area contributed by atoms with Gasteiger partial charge < -0.3 is 32.5 Å². The fraction of sp³-hybridized carbons (Fsp3) is 0.464. The third-order valence-electron chi connectivity index (χ3n) is 6.42. The molecule has 0 radical (unpaired) electrons. The van der Waals surface area contributed by atoms with Gasteiger partial charge in [0.2, 0.25) is 17.7 Å². The molecule has 0 bridgehead atoms. The largest absolute Gasteiger partial charge is 0.508 e. The van der Waals surface area contributed by atoms with Gasteiger partial charge in [0.05, 0.1) is 6.04 Å². The van der Waals surface area contributed by atoms with E-state index < -0.39 is 29.9 Å². The summed E-state index contributed by atoms with van der Waals surface area (Å²) in [4.78, 5) is 39.3. The van der Waals surface area contributed by atoms with Crippen molar-refractivity contribution in [2.45, 2.75) is 70.6 Å². The lowest BCUT2D eigenvalue weighted by molar-refractivity contribution is -0.133. The van der Waals surface area contributed by atoms with E-state index in [1.807, 2.05) is 44.2 Å². The van der Waals surface area contributed by atoms with Crippen LogP contribution in [0.1, 0.15) is 50.7 Å². The topological polar surface area (TPSA) is 160 Å². The van der Waals surface area contributed by atoms with Gasteiger partial charge in [-0.1, -0.05) is 69.2 Å². The molecule has 0 aliphatic heterocycles. The SMILES string of the molecule is CC[C@H](C)[C@H](NC(=O)[C@H](Cc1ccc(O)cc1)NC(=O)[C@@H](N)CCCCN)C(=O)NCc1ccccc1.Cl.Cl. The normalized spacial score (nSPS) is 13.4. The van der Waals surface area contributed by atoms with Gasteiger partial charge in [-0.3, -0.25) is 14.4 Å². The van der Waals surface area contributed by atoms with E-state index in [1.165, 1.54) is 12.1 Å². The highest BCUT2D eigenvalue weighted by Crippen LogP contribution is 2.13. The molecule has 4 atom stereocenters. The molecule has 0 aromatic heterocycles. The van der Waals surface area contributed by atoms with E-state index in [0.29, 0.717) is 32.4 Å². The molecule has 0 spiro atoms. The molecule has 9 nitrogen and oxygen atoms in total. The smallest absolute Gasteiger partial charge is 0.243 e. The fourth-order valence-electron chi connectivity index (χ4n) is 3.85. The Morgan fingerprint density at radius 3 is 2.10 bits per heavy atom. The van der Waals surface area contributed by atoms with Gasteiger partial charge in [-0.15, -0.1) is 24.8 Å². The Hall–Kier alpha value is -2.85. The molecule has 0 saturated carbocycles. The number of nitrogens with one attached hydrogen (secondary N) is 3. The second-order valence-electron chi connectivity index (χ2n) is 9.40. The van der Waals surface area contributed by atoms with Crippen LogP contribution in [0.25, 0.3) is 0 Å². The molecule has 0 aliphatic carbocycles. The van der Waals surface area contributed by atoms with E-state index in [2.05, 4.69) is 16.0 Å². The van der Waals surface area contributed by atoms with Gasteiger partial charge in [0.25, 0.3) is 0 Å². The Labute approximate surface area is 243 Å². The van der Waals surface area contributed by atoms with Gasteiger partial charge in [-0.2, -0.15) is 0 Å². The number of halogens is 2. The maximum atomic E-state index is 13.4. The number of rotatable bonds is 15. The van der Waals surface area contributed by atoms with Crippen LogP contribution in [0.4, 0.5) is 0 Å². The number of carbonyl (C=O) groups is 3. The summed E-state index contributed by atoms with van der Waals surface area (Å²) in [5, 5.41) is 18.1. The summed E-state index contributed by atoms with van der Waals surface area (Å²) in [5.74, 6) is -1.24. The maximum Gasteiger partial charge on any atom is 0.243 e. The Kier molecular flexibility index (Phi) is 17.8. The Balaban J connectivity index is 0.00000722. The summed E-state index contributed by atoms with van der Waals surface area (Å²) in [6, 6.07) is 13.4. The molecule has 218 valence electrons. The molecule has 39 heavy (non-hydrogen) atoms. The summed E-state index contributed by atoms with van der Waals surface area (Å²) in [7, 11) is 0. The number of nitrogens with two attached hydrogens (primary N) is 2. The molecule has 0 fully saturated rings. The zero-order chi connectivity index (χ0) is 27.2. The predicted molar refractivity (Wildman–Crippen MR) is 159 cm³/mol. The summed E-state index contributed by atoms with van der Waals surface area (Å²) < 4.78 is 0. The van der Waals surface area contributed by atoms with Gasteiger partial charge in [-0.05, 0) is 48.6 Å². The molecular weight excluding hydrogens is 541 g/mol. The molecule has 2 aromatic rings. The molecule has 0 unspecified atom stereocenters. The molecular formula is C28H43Cl2N5O4. The number of amides is 3. The molecule has 0 heterocycles. The van der Waals surface area contributed by atoms with Crippen molar-refractivity contribution in [2.75, 3.05) is 6.54 Å². The lowest BCUT2D eigenvalue weighted by Crippen LogP contribution is -2.57. The molecule has 0 aliphatic rings. The van der Waals surface area contributed by atoms with Gasteiger partial charge in [-0.25, -0.2) is 0 Å². The number of carbonyl (C=O) groups excluding carboxylic acids is 3. The molecule has 0 saturated heterocycles. The van der Waals surface area contributed by atoms with Crippen LogP contribution in [0.2, 0.25) is 0 Å². The summed E-state index contributed by atoms with van der Waals surface area (Å²) in [6.45, 7) is 4.70. The maximum absolute atomic E-state index is 13.4. The molecule has 3 amide bonds. The van der Waals surface area contributed by atoms with Crippen molar-refractivity contribution in [3.63, 3.8) is 0 Å². The van der Waals surface area contributed by atoms with E-state index in [-0.39, 0.29) is 48.8 Å². The number of benzene rings is 2. The van der Waals surface area contributed by atoms with Crippen molar-refractivity contribution in [1.82, 2.24) is 16.0 Å². The van der Waals surface area contributed by atoms with Crippen LogP contribution in [0.15, 0.2) is 54.6 Å². The Bertz CT molecular complexity index is 995. The van der Waals surface area contributed by atoms with Crippen LogP contribution < -0.4 is 27.4 Å². The van der Waals surface area contributed by atoms with Crippen LogP contribution in [-0.4, -0.2) is 47.5 Å². The third kappa shape index (κ3) is 12.7. The van der Waals surface area contributed by atoms with E-state index in [0.717, 1.165) is 17.5 Å². The van der Waals surface area contributed by atoms with E-state index >= 15 is 0 Å². The highest BCUT2D eigenvalue weighted by molar-refractivity contribution is 5.93. The van der Waals surface area contributed by atoms with E-state index in [4.69, 9.17) is 11.5 Å². The number of phenolic OH excluding ortho intramolecular Hbond substituents is 1. The average molecular weight is 585 g/mol. The fourth-order valence-corrected chi connectivity index (χ4v) is 3.85. The van der Waals surface area contributed by atoms with Crippen LogP contribution in [0.5, 0.6) is 5.75 Å². The zero-order valence-electron chi connectivity index (χ0n) is 22.6. The first kappa shape index (κ1) is 36.1. The minimum Gasteiger partial charge on any atom is -0.508 e. The number of unbranched alkanes of at least 4 members (excludes halogenated alkanes) is 1. The van der Waals surface area contributed by atoms with Gasteiger partial charge >= 0.3 is 0 Å². The van der Waals surface area contributed by atoms with Crippen molar-refractivity contribution in [3.8, 4) is 5.75 Å². The first-order chi connectivity index (χ1) is 17.7. The first-order valence-electron chi connectivity index (χ1n) is 12.9. The highest BCUT2D eigenvalue weighted by Gasteiger charge is 2.30. The van der Waals surface area contributed by atoms with Crippen molar-refractivity contribution in [3.05, 3.63) is 65.7 Å². The van der Waals surface area contributed by atoms with Crippen LogP contribution in [0.3, 0.4) is 0 Å². The second-order valence-corrected chi connectivity index (χ2v) is 9.40. The van der Waals surface area contributed by atoms with Crippen LogP contribution in [0, 0.1) is 5.92 Å². The summed E-state index contributed by atoms with van der Waals surface area (Å²) in [6.07, 6.45) is 2.76. The molecule has 11 heteroatoms. The minimum atomic E-state index is -0.953. The second kappa shape index (κ2) is 19.2. The van der Waals surface area contributed by atoms with Gasteiger partial charge in [0.1, 0.15) is 17.8 Å². The zero-order valence-corrected chi connectivity index (χ0v) is 24.2. The van der Waals surface area contributed by atoms with Gasteiger partial charge in [0.15, 0.2) is 0 Å². The van der Waals surface area contributed by atoms with Gasteiger partial charge in [0, 0.05) is 13.0 Å². The average Bonchev–Trinajstić information content (AvgIpc) is 2.91. The monoisotopic (exact) mass is 583 g/mol. The standard InChI is InChI=1S/C28H41N5O4.2ClH/c1-3-19(2)25(28(37)31-18-21-9-5-4-6-10-21)33-27(36)24(17-20-12-14-22(34)15-13-20)32-26(35)23(30)11-7-8-16-29;;/h4-6,9-10,12-15,19,23-25,34H,3,7-8,11,16-18,29-30H2,1-2H3,(H,31,37)(H,32,35)(H,33,36);2*1H/t19-,23-,24-,25-;;/m0../s1. The number of hydrogen-bond acceptors (Lipinski definition) is 6. The van der Waals surface area contributed by atoms with Crippen molar-refractivity contribution in [1.29, 1.82) is 0 Å². The summed E-state index contributed by atoms with van der Waals surface area (Å²) in [5.41, 5.74) is 13.3. The van der Waals surface area contributed by atoms with Crippen LogP contribution in [-0.2, 0) is 27.3 Å². The van der Waals surface area contributed by atoms with Crippen molar-refractivity contribution < 1.29 is 19.5 Å².